The van der Waals surface area contributed by atoms with Gasteiger partial charge in [-0.1, -0.05) is 0 Å². The summed E-state index contributed by atoms with van der Waals surface area (Å²) >= 11 is 0. The first-order chi connectivity index (χ1) is 8.81. The van der Waals surface area contributed by atoms with E-state index in [2.05, 4.69) is 28.2 Å². The molecule has 5 nitrogen and oxygen atoms in total. The van der Waals surface area contributed by atoms with Gasteiger partial charge >= 0.3 is 0 Å². The van der Waals surface area contributed by atoms with Crippen molar-refractivity contribution >= 4 is 0 Å². The summed E-state index contributed by atoms with van der Waals surface area (Å²) in [6.45, 7) is 6.20. The highest BCUT2D eigenvalue weighted by Gasteiger charge is 2.17. The van der Waals surface area contributed by atoms with Gasteiger partial charge in [0, 0.05) is 38.6 Å². The van der Waals surface area contributed by atoms with E-state index in [9.17, 15) is 0 Å². The second kappa shape index (κ2) is 6.87. The molecule has 1 aromatic rings. The Morgan fingerprint density at radius 3 is 3.22 bits per heavy atom. The fourth-order valence-corrected chi connectivity index (χ4v) is 2.21. The van der Waals surface area contributed by atoms with Gasteiger partial charge in [0.15, 0.2) is 0 Å². The maximum absolute atomic E-state index is 5.51. The van der Waals surface area contributed by atoms with Crippen LogP contribution in [0.15, 0.2) is 6.20 Å². The van der Waals surface area contributed by atoms with Crippen LogP contribution < -0.4 is 5.32 Å². The molecular formula is C13H23N3O2. The van der Waals surface area contributed by atoms with Gasteiger partial charge in [0.1, 0.15) is 0 Å². The quantitative estimate of drug-likeness (QED) is 0.776. The molecule has 1 atom stereocenters. The van der Waals surface area contributed by atoms with Crippen molar-refractivity contribution in [1.29, 1.82) is 0 Å². The summed E-state index contributed by atoms with van der Waals surface area (Å²) in [4.78, 5) is 0. The van der Waals surface area contributed by atoms with Crippen molar-refractivity contribution in [2.45, 2.75) is 32.4 Å². The molecule has 2 heterocycles. The van der Waals surface area contributed by atoms with Crippen molar-refractivity contribution in [3.05, 3.63) is 17.5 Å². The van der Waals surface area contributed by atoms with Crippen molar-refractivity contribution < 1.29 is 9.47 Å². The van der Waals surface area contributed by atoms with Gasteiger partial charge in [-0.15, -0.1) is 0 Å². The topological polar surface area (TPSA) is 48.3 Å². The molecule has 0 aliphatic carbocycles. The average Bonchev–Trinajstić information content (AvgIpc) is 2.77. The molecule has 0 aromatic carbocycles. The molecule has 0 bridgehead atoms. The summed E-state index contributed by atoms with van der Waals surface area (Å²) in [5.74, 6) is 0. The second-order valence-electron chi connectivity index (χ2n) is 4.76. The first kappa shape index (κ1) is 13.5. The van der Waals surface area contributed by atoms with Crippen LogP contribution in [0.2, 0.25) is 0 Å². The van der Waals surface area contributed by atoms with Crippen molar-refractivity contribution in [2.24, 2.45) is 0 Å². The molecule has 1 N–H and O–H groups in total. The number of methoxy groups -OCH3 is 1. The van der Waals surface area contributed by atoms with Gasteiger partial charge in [0.25, 0.3) is 0 Å². The largest absolute Gasteiger partial charge is 0.383 e. The van der Waals surface area contributed by atoms with E-state index in [0.717, 1.165) is 51.4 Å². The Labute approximate surface area is 108 Å². The zero-order valence-electron chi connectivity index (χ0n) is 11.3. The van der Waals surface area contributed by atoms with Crippen molar-refractivity contribution in [1.82, 2.24) is 15.1 Å². The molecular weight excluding hydrogens is 230 g/mol. The van der Waals surface area contributed by atoms with E-state index in [1.54, 1.807) is 7.11 Å². The number of aryl methyl sites for hydroxylation is 1. The van der Waals surface area contributed by atoms with E-state index in [4.69, 9.17) is 9.47 Å². The van der Waals surface area contributed by atoms with Crippen LogP contribution in [-0.4, -0.2) is 43.3 Å². The molecule has 0 amide bonds. The van der Waals surface area contributed by atoms with Gasteiger partial charge in [0.05, 0.1) is 24.9 Å². The van der Waals surface area contributed by atoms with E-state index < -0.39 is 0 Å². The predicted molar refractivity (Wildman–Crippen MR) is 69.6 cm³/mol. The minimum Gasteiger partial charge on any atom is -0.383 e. The summed E-state index contributed by atoms with van der Waals surface area (Å²) in [6.07, 6.45) is 4.44. The zero-order valence-corrected chi connectivity index (χ0v) is 11.3. The Morgan fingerprint density at radius 1 is 1.61 bits per heavy atom. The first-order valence-electron chi connectivity index (χ1n) is 6.63. The first-order valence-corrected chi connectivity index (χ1v) is 6.63. The van der Waals surface area contributed by atoms with Crippen LogP contribution >= 0.6 is 0 Å². The van der Waals surface area contributed by atoms with E-state index in [1.165, 1.54) is 5.56 Å². The van der Waals surface area contributed by atoms with Crippen molar-refractivity contribution in [3.8, 4) is 0 Å². The molecule has 1 unspecified atom stereocenters. The van der Waals surface area contributed by atoms with E-state index >= 15 is 0 Å². The molecule has 1 saturated heterocycles. The van der Waals surface area contributed by atoms with Crippen molar-refractivity contribution in [3.63, 3.8) is 0 Å². The highest BCUT2D eigenvalue weighted by atomic mass is 16.5. The van der Waals surface area contributed by atoms with E-state index in [0.29, 0.717) is 6.04 Å². The van der Waals surface area contributed by atoms with Crippen LogP contribution in [0.25, 0.3) is 0 Å². The van der Waals surface area contributed by atoms with Crippen LogP contribution in [0, 0.1) is 6.92 Å². The average molecular weight is 253 g/mol. The second-order valence-corrected chi connectivity index (χ2v) is 4.76. The molecule has 1 aliphatic heterocycles. The monoisotopic (exact) mass is 253 g/mol. The van der Waals surface area contributed by atoms with E-state index in [1.807, 2.05) is 0 Å². The van der Waals surface area contributed by atoms with Crippen LogP contribution in [0.1, 0.15) is 30.1 Å². The number of nitrogens with one attached hydrogen (secondary N) is 1. The van der Waals surface area contributed by atoms with Gasteiger partial charge in [-0.25, -0.2) is 0 Å². The summed E-state index contributed by atoms with van der Waals surface area (Å²) in [7, 11) is 1.72. The number of hydrogen-bond donors (Lipinski definition) is 1. The third kappa shape index (κ3) is 3.54. The van der Waals surface area contributed by atoms with Gasteiger partial charge in [0.2, 0.25) is 0 Å². The molecule has 102 valence electrons. The molecule has 0 spiro atoms. The minimum absolute atomic E-state index is 0.408. The maximum Gasteiger partial charge on any atom is 0.0753 e. The minimum atomic E-state index is 0.408. The number of aromatic nitrogens is 2. The van der Waals surface area contributed by atoms with Gasteiger partial charge < -0.3 is 14.8 Å². The Morgan fingerprint density at radius 2 is 2.50 bits per heavy atom. The number of rotatable bonds is 6. The lowest BCUT2D eigenvalue weighted by molar-refractivity contribution is 0.0548. The molecule has 1 aliphatic rings. The van der Waals surface area contributed by atoms with Crippen LogP contribution in [0.3, 0.4) is 0 Å². The zero-order chi connectivity index (χ0) is 12.8. The standard InChI is InChI=1S/C13H23N3O2/c1-11-12(8-14-5-7-17-2)9-16(15-11)13-4-3-6-18-10-13/h9,13-14H,3-8,10H2,1-2H3. The summed E-state index contributed by atoms with van der Waals surface area (Å²) in [5.41, 5.74) is 2.36. The fraction of sp³-hybridized carbons (Fsp3) is 0.769. The Hall–Kier alpha value is -0.910. The lowest BCUT2D eigenvalue weighted by atomic mass is 10.1. The molecule has 0 radical (unpaired) electrons. The third-order valence-corrected chi connectivity index (χ3v) is 3.33. The SMILES string of the molecule is COCCNCc1cn(C2CCCOC2)nc1C. The summed E-state index contributed by atoms with van der Waals surface area (Å²) in [5, 5.41) is 7.95. The van der Waals surface area contributed by atoms with Gasteiger partial charge in [-0.2, -0.15) is 5.10 Å². The smallest absolute Gasteiger partial charge is 0.0753 e. The predicted octanol–water partition coefficient (Wildman–Crippen LogP) is 1.28. The Bertz CT molecular complexity index is 359. The Balaban J connectivity index is 1.89. The van der Waals surface area contributed by atoms with Gasteiger partial charge in [-0.3, -0.25) is 4.68 Å². The van der Waals surface area contributed by atoms with Crippen LogP contribution in [0.4, 0.5) is 0 Å². The molecule has 18 heavy (non-hydrogen) atoms. The molecule has 2 rings (SSSR count). The highest BCUT2D eigenvalue weighted by molar-refractivity contribution is 5.15. The normalized spacial score (nSPS) is 20.2. The lowest BCUT2D eigenvalue weighted by Crippen LogP contribution is -2.21. The molecule has 1 fully saturated rings. The number of nitrogens with zero attached hydrogens (tertiary/aromatic N) is 2. The van der Waals surface area contributed by atoms with Crippen molar-refractivity contribution in [2.75, 3.05) is 33.5 Å². The molecule has 1 aromatic heterocycles. The maximum atomic E-state index is 5.51. The fourth-order valence-electron chi connectivity index (χ4n) is 2.21. The number of ether oxygens (including phenoxy) is 2. The third-order valence-electron chi connectivity index (χ3n) is 3.33. The molecule has 0 saturated carbocycles. The van der Waals surface area contributed by atoms with Crippen LogP contribution in [0.5, 0.6) is 0 Å². The summed E-state index contributed by atoms with van der Waals surface area (Å²) in [6, 6.07) is 0.408. The number of hydrogen-bond acceptors (Lipinski definition) is 4. The van der Waals surface area contributed by atoms with Crippen LogP contribution in [-0.2, 0) is 16.0 Å². The Kier molecular flexibility index (Phi) is 5.16. The molecule has 5 heteroatoms. The summed E-state index contributed by atoms with van der Waals surface area (Å²) < 4.78 is 12.6. The van der Waals surface area contributed by atoms with Gasteiger partial charge in [-0.05, 0) is 19.8 Å². The highest BCUT2D eigenvalue weighted by Crippen LogP contribution is 2.20. The lowest BCUT2D eigenvalue weighted by Gasteiger charge is -2.22. The van der Waals surface area contributed by atoms with E-state index in [-0.39, 0.29) is 0 Å².